The van der Waals surface area contributed by atoms with Gasteiger partial charge in [-0.05, 0) is 35.1 Å². The number of hydrogen-bond donors (Lipinski definition) is 0. The fourth-order valence-corrected chi connectivity index (χ4v) is 2.59. The van der Waals surface area contributed by atoms with Gasteiger partial charge in [0.15, 0.2) is 0 Å². The van der Waals surface area contributed by atoms with Crippen molar-refractivity contribution in [2.45, 2.75) is 40.5 Å². The van der Waals surface area contributed by atoms with Crippen LogP contribution in [0.4, 0.5) is 0 Å². The smallest absolute Gasteiger partial charge is 0.318 e. The molecule has 0 amide bonds. The van der Waals surface area contributed by atoms with Crippen LogP contribution in [0.1, 0.15) is 51.7 Å². The summed E-state index contributed by atoms with van der Waals surface area (Å²) in [4.78, 5) is 31.4. The van der Waals surface area contributed by atoms with Crippen molar-refractivity contribution < 1.29 is 19.3 Å². The summed E-state index contributed by atoms with van der Waals surface area (Å²) in [6.07, 6.45) is 1.31. The van der Waals surface area contributed by atoms with E-state index in [4.69, 9.17) is 9.68 Å². The van der Waals surface area contributed by atoms with Gasteiger partial charge in [-0.25, -0.2) is 9.59 Å². The second kappa shape index (κ2) is 10.2. The lowest BCUT2D eigenvalue weighted by molar-refractivity contribution is -0.141. The van der Waals surface area contributed by atoms with E-state index in [1.807, 2.05) is 62.4 Å². The zero-order valence-electron chi connectivity index (χ0n) is 16.6. The maximum atomic E-state index is 10.9. The van der Waals surface area contributed by atoms with Crippen molar-refractivity contribution >= 4 is 23.4 Å². The molecule has 0 saturated heterocycles. The number of nitrogens with zero attached hydrogens (tertiary/aromatic N) is 2. The van der Waals surface area contributed by atoms with Crippen LogP contribution in [0.2, 0.25) is 0 Å². The Hall–Kier alpha value is -3.28. The first-order chi connectivity index (χ1) is 13.4. The molecule has 0 aliphatic heterocycles. The number of oxime groups is 2. The molecule has 0 unspecified atom stereocenters. The number of carbonyl (C=O) groups excluding carboxylic acids is 2. The van der Waals surface area contributed by atoms with E-state index in [1.54, 1.807) is 0 Å². The molecule has 0 saturated carbocycles. The van der Waals surface area contributed by atoms with Crippen molar-refractivity contribution in [3.8, 4) is 11.1 Å². The van der Waals surface area contributed by atoms with Crippen molar-refractivity contribution in [3.05, 3.63) is 59.7 Å². The first-order valence-corrected chi connectivity index (χ1v) is 9.14. The van der Waals surface area contributed by atoms with Crippen LogP contribution < -0.4 is 0 Å². The van der Waals surface area contributed by atoms with Gasteiger partial charge < -0.3 is 9.68 Å². The van der Waals surface area contributed by atoms with Gasteiger partial charge in [0.05, 0.1) is 11.4 Å². The molecule has 0 fully saturated rings. The maximum absolute atomic E-state index is 10.9. The molecule has 0 aliphatic carbocycles. The maximum Gasteiger partial charge on any atom is 0.331 e. The van der Waals surface area contributed by atoms with E-state index >= 15 is 0 Å². The van der Waals surface area contributed by atoms with Crippen molar-refractivity contribution in [2.75, 3.05) is 0 Å². The van der Waals surface area contributed by atoms with Gasteiger partial charge in [0, 0.05) is 13.8 Å². The van der Waals surface area contributed by atoms with Crippen molar-refractivity contribution in [1.29, 1.82) is 0 Å². The number of benzene rings is 2. The minimum atomic E-state index is -0.439. The van der Waals surface area contributed by atoms with Crippen LogP contribution in [0.3, 0.4) is 0 Å². The molecule has 0 bridgehead atoms. The molecular formula is C22H24N2O4. The van der Waals surface area contributed by atoms with Gasteiger partial charge in [-0.15, -0.1) is 0 Å². The van der Waals surface area contributed by atoms with Crippen LogP contribution in [0.15, 0.2) is 58.8 Å². The molecule has 0 atom stereocenters. The minimum Gasteiger partial charge on any atom is -0.318 e. The average Bonchev–Trinajstić information content (AvgIpc) is 2.69. The summed E-state index contributed by atoms with van der Waals surface area (Å²) in [5.41, 5.74) is 5.34. The average molecular weight is 380 g/mol. The van der Waals surface area contributed by atoms with Gasteiger partial charge in [-0.2, -0.15) is 0 Å². The van der Waals surface area contributed by atoms with Gasteiger partial charge in [0.2, 0.25) is 0 Å². The highest BCUT2D eigenvalue weighted by Gasteiger charge is 2.07. The Bertz CT molecular complexity index is 806. The second-order valence-electron chi connectivity index (χ2n) is 6.10. The number of hydrogen-bond acceptors (Lipinski definition) is 6. The Labute approximate surface area is 164 Å². The standard InChI is InChI=1S/C22H24N2O4/c1-5-21(23-27-15(3)25)19-11-7-17(8-12-19)18-9-13-20(14-10-18)22(6-2)24-28-16(4)26/h7-14H,5-6H2,1-4H3. The first kappa shape index (κ1) is 21.0. The molecule has 0 radical (unpaired) electrons. The third kappa shape index (κ3) is 5.87. The Morgan fingerprint density at radius 2 is 1.00 bits per heavy atom. The Morgan fingerprint density at radius 1 is 0.679 bits per heavy atom. The zero-order valence-corrected chi connectivity index (χ0v) is 16.6. The molecule has 146 valence electrons. The molecule has 0 aromatic heterocycles. The molecule has 0 spiro atoms. The third-order valence-electron chi connectivity index (χ3n) is 4.01. The van der Waals surface area contributed by atoms with Crippen molar-refractivity contribution in [3.63, 3.8) is 0 Å². The van der Waals surface area contributed by atoms with E-state index < -0.39 is 11.9 Å². The normalized spacial score (nSPS) is 11.9. The van der Waals surface area contributed by atoms with Crippen LogP contribution in [0.25, 0.3) is 11.1 Å². The molecule has 6 nitrogen and oxygen atoms in total. The second-order valence-corrected chi connectivity index (χ2v) is 6.10. The lowest BCUT2D eigenvalue weighted by Gasteiger charge is -2.08. The Morgan fingerprint density at radius 3 is 1.25 bits per heavy atom. The molecule has 28 heavy (non-hydrogen) atoms. The quantitative estimate of drug-likeness (QED) is 0.396. The molecule has 2 rings (SSSR count). The van der Waals surface area contributed by atoms with Crippen LogP contribution >= 0.6 is 0 Å². The van der Waals surface area contributed by atoms with Crippen molar-refractivity contribution in [2.24, 2.45) is 10.3 Å². The molecule has 0 aliphatic rings. The van der Waals surface area contributed by atoms with Gasteiger partial charge in [0.25, 0.3) is 0 Å². The Balaban J connectivity index is 2.20. The summed E-state index contributed by atoms with van der Waals surface area (Å²) in [6.45, 7) is 6.56. The van der Waals surface area contributed by atoms with Crippen LogP contribution in [0, 0.1) is 0 Å². The SMILES string of the molecule is CCC(=NOC(C)=O)c1ccc(-c2ccc(C(CC)=NOC(C)=O)cc2)cc1. The van der Waals surface area contributed by atoms with E-state index in [9.17, 15) is 9.59 Å². The number of carbonyl (C=O) groups is 2. The molecule has 6 heteroatoms. The summed E-state index contributed by atoms with van der Waals surface area (Å²) in [7, 11) is 0. The highest BCUT2D eigenvalue weighted by molar-refractivity contribution is 6.01. The number of rotatable bonds is 7. The van der Waals surface area contributed by atoms with E-state index in [2.05, 4.69) is 10.3 Å². The van der Waals surface area contributed by atoms with Gasteiger partial charge in [-0.1, -0.05) is 72.7 Å². The van der Waals surface area contributed by atoms with E-state index in [0.29, 0.717) is 24.3 Å². The minimum absolute atomic E-state index is 0.439. The Kier molecular flexibility index (Phi) is 7.63. The highest BCUT2D eigenvalue weighted by atomic mass is 16.7. The molecule has 0 heterocycles. The van der Waals surface area contributed by atoms with Crippen LogP contribution in [-0.2, 0) is 19.3 Å². The largest absolute Gasteiger partial charge is 0.331 e. The lowest BCUT2D eigenvalue weighted by atomic mass is 9.99. The van der Waals surface area contributed by atoms with Gasteiger partial charge in [0.1, 0.15) is 0 Å². The third-order valence-corrected chi connectivity index (χ3v) is 4.01. The van der Waals surface area contributed by atoms with Crippen LogP contribution in [-0.4, -0.2) is 23.4 Å². The zero-order chi connectivity index (χ0) is 20.5. The van der Waals surface area contributed by atoms with E-state index in [1.165, 1.54) is 13.8 Å². The van der Waals surface area contributed by atoms with E-state index in [0.717, 1.165) is 22.3 Å². The summed E-state index contributed by atoms with van der Waals surface area (Å²) in [6, 6.07) is 15.8. The summed E-state index contributed by atoms with van der Waals surface area (Å²) < 4.78 is 0. The monoisotopic (exact) mass is 380 g/mol. The summed E-state index contributed by atoms with van der Waals surface area (Å²) >= 11 is 0. The molecular weight excluding hydrogens is 356 g/mol. The van der Waals surface area contributed by atoms with E-state index in [-0.39, 0.29) is 0 Å². The molecule has 2 aromatic rings. The predicted octanol–water partition coefficient (Wildman–Crippen LogP) is 4.71. The fourth-order valence-electron chi connectivity index (χ4n) is 2.59. The summed E-state index contributed by atoms with van der Waals surface area (Å²) in [5.74, 6) is -0.877. The van der Waals surface area contributed by atoms with Crippen LogP contribution in [0.5, 0.6) is 0 Å². The van der Waals surface area contributed by atoms with Gasteiger partial charge in [-0.3, -0.25) is 0 Å². The molecule has 0 N–H and O–H groups in total. The first-order valence-electron chi connectivity index (χ1n) is 9.14. The van der Waals surface area contributed by atoms with Gasteiger partial charge >= 0.3 is 11.9 Å². The summed E-state index contributed by atoms with van der Waals surface area (Å²) in [5, 5.41) is 7.81. The fraction of sp³-hybridized carbons (Fsp3) is 0.273. The molecule has 2 aromatic carbocycles. The van der Waals surface area contributed by atoms with Crippen molar-refractivity contribution in [1.82, 2.24) is 0 Å². The topological polar surface area (TPSA) is 77.3 Å². The lowest BCUT2D eigenvalue weighted by Crippen LogP contribution is -2.03. The predicted molar refractivity (Wildman–Crippen MR) is 109 cm³/mol. The highest BCUT2D eigenvalue weighted by Crippen LogP contribution is 2.22.